The van der Waals surface area contributed by atoms with Gasteiger partial charge in [-0.15, -0.1) is 0 Å². The van der Waals surface area contributed by atoms with Gasteiger partial charge in [0.05, 0.1) is 11.3 Å². The zero-order chi connectivity index (χ0) is 12.6. The van der Waals surface area contributed by atoms with Crippen molar-refractivity contribution in [3.63, 3.8) is 0 Å². The van der Waals surface area contributed by atoms with E-state index < -0.39 is 32.7 Å². The van der Waals surface area contributed by atoms with Crippen LogP contribution in [0, 0.1) is 0 Å². The molecule has 1 rings (SSSR count). The van der Waals surface area contributed by atoms with Crippen molar-refractivity contribution in [3.05, 3.63) is 29.6 Å². The summed E-state index contributed by atoms with van der Waals surface area (Å²) in [5.74, 6) is 0. The van der Waals surface area contributed by atoms with E-state index in [9.17, 15) is 21.6 Å². The molecule has 0 amide bonds. The maximum Gasteiger partial charge on any atom is 0.418 e. The number of pyridine rings is 1. The molecule has 1 heterocycles. The predicted molar refractivity (Wildman–Crippen MR) is 50.8 cm³/mol. The van der Waals surface area contributed by atoms with Crippen molar-refractivity contribution < 1.29 is 21.6 Å². The lowest BCUT2D eigenvalue weighted by molar-refractivity contribution is -0.138. The highest BCUT2D eigenvalue weighted by Gasteiger charge is 2.37. The summed E-state index contributed by atoms with van der Waals surface area (Å²) in [6.07, 6.45) is -3.56. The van der Waals surface area contributed by atoms with Gasteiger partial charge in [-0.05, 0) is 19.1 Å². The first-order valence-electron chi connectivity index (χ1n) is 4.17. The molecule has 0 aromatic carbocycles. The second kappa shape index (κ2) is 4.02. The molecule has 16 heavy (non-hydrogen) atoms. The van der Waals surface area contributed by atoms with Crippen molar-refractivity contribution in [1.82, 2.24) is 4.98 Å². The molecule has 1 aromatic heterocycles. The number of hydrogen-bond donors (Lipinski definition) is 1. The minimum atomic E-state index is -4.65. The van der Waals surface area contributed by atoms with Crippen molar-refractivity contribution in [2.75, 3.05) is 0 Å². The normalized spacial score (nSPS) is 14.8. The van der Waals surface area contributed by atoms with Crippen molar-refractivity contribution in [3.8, 4) is 0 Å². The summed E-state index contributed by atoms with van der Waals surface area (Å²) < 4.78 is 59.5. The average molecular weight is 254 g/mol. The van der Waals surface area contributed by atoms with E-state index >= 15 is 0 Å². The molecule has 0 saturated carbocycles. The quantitative estimate of drug-likeness (QED) is 0.868. The number of nitrogens with two attached hydrogens (primary N) is 1. The van der Waals surface area contributed by atoms with Gasteiger partial charge in [-0.3, -0.25) is 4.98 Å². The molecule has 2 N–H and O–H groups in total. The Bertz CT molecular complexity index is 484. The molecule has 0 aliphatic carbocycles. The molecule has 4 nitrogen and oxygen atoms in total. The molecule has 0 radical (unpaired) electrons. The van der Waals surface area contributed by atoms with Gasteiger partial charge in [-0.25, -0.2) is 13.6 Å². The first-order chi connectivity index (χ1) is 7.14. The third-order valence-corrected chi connectivity index (χ3v) is 3.23. The molecular formula is C8H9F3N2O2S. The van der Waals surface area contributed by atoms with E-state index in [0.717, 1.165) is 25.3 Å². The number of nitrogens with zero attached hydrogens (tertiary/aromatic N) is 1. The van der Waals surface area contributed by atoms with E-state index in [-0.39, 0.29) is 0 Å². The molecule has 0 aliphatic heterocycles. The number of halogens is 3. The van der Waals surface area contributed by atoms with Crippen LogP contribution in [0.15, 0.2) is 18.3 Å². The summed E-state index contributed by atoms with van der Waals surface area (Å²) in [6, 6.07) is 1.85. The summed E-state index contributed by atoms with van der Waals surface area (Å²) in [5.41, 5.74) is -1.67. The number of sulfonamides is 1. The molecule has 8 heteroatoms. The van der Waals surface area contributed by atoms with Crippen LogP contribution in [-0.4, -0.2) is 13.4 Å². The lowest BCUT2D eigenvalue weighted by Gasteiger charge is -2.15. The second-order valence-corrected chi connectivity index (χ2v) is 5.05. The summed E-state index contributed by atoms with van der Waals surface area (Å²) in [7, 11) is -4.10. The minimum absolute atomic E-state index is 0.586. The Balaban J connectivity index is 3.36. The van der Waals surface area contributed by atoms with Gasteiger partial charge < -0.3 is 0 Å². The Morgan fingerprint density at radius 1 is 1.44 bits per heavy atom. The zero-order valence-electron chi connectivity index (χ0n) is 8.19. The van der Waals surface area contributed by atoms with Crippen LogP contribution in [0.1, 0.15) is 23.4 Å². The van der Waals surface area contributed by atoms with Gasteiger partial charge in [0.1, 0.15) is 5.25 Å². The first kappa shape index (κ1) is 12.9. The Morgan fingerprint density at radius 2 is 2.00 bits per heavy atom. The van der Waals surface area contributed by atoms with Crippen molar-refractivity contribution in [2.45, 2.75) is 18.3 Å². The van der Waals surface area contributed by atoms with Crippen LogP contribution >= 0.6 is 0 Å². The molecule has 0 aliphatic rings. The largest absolute Gasteiger partial charge is 0.418 e. The van der Waals surface area contributed by atoms with Gasteiger partial charge in [-0.1, -0.05) is 0 Å². The minimum Gasteiger partial charge on any atom is -0.259 e. The summed E-state index contributed by atoms with van der Waals surface area (Å²) >= 11 is 0. The third kappa shape index (κ3) is 2.70. The smallest absolute Gasteiger partial charge is 0.259 e. The lowest BCUT2D eigenvalue weighted by atomic mass is 10.1. The van der Waals surface area contributed by atoms with Gasteiger partial charge >= 0.3 is 6.18 Å². The van der Waals surface area contributed by atoms with Crippen LogP contribution in [0.3, 0.4) is 0 Å². The topological polar surface area (TPSA) is 73.0 Å². The maximum absolute atomic E-state index is 12.5. The zero-order valence-corrected chi connectivity index (χ0v) is 9.01. The van der Waals surface area contributed by atoms with Crippen LogP contribution in [0.25, 0.3) is 0 Å². The second-order valence-electron chi connectivity index (χ2n) is 3.17. The van der Waals surface area contributed by atoms with Crippen LogP contribution in [-0.2, 0) is 16.2 Å². The van der Waals surface area contributed by atoms with Crippen LogP contribution in [0.4, 0.5) is 13.2 Å². The van der Waals surface area contributed by atoms with Crippen molar-refractivity contribution >= 4 is 10.0 Å². The molecule has 1 unspecified atom stereocenters. The van der Waals surface area contributed by atoms with Gasteiger partial charge in [0.2, 0.25) is 10.0 Å². The fourth-order valence-electron chi connectivity index (χ4n) is 1.14. The number of alkyl halides is 3. The molecule has 1 aromatic rings. The van der Waals surface area contributed by atoms with Crippen molar-refractivity contribution in [1.29, 1.82) is 0 Å². The Labute approximate surface area is 90.3 Å². The van der Waals surface area contributed by atoms with E-state index in [1.165, 1.54) is 0 Å². The van der Waals surface area contributed by atoms with E-state index in [1.54, 1.807) is 0 Å². The van der Waals surface area contributed by atoms with E-state index in [1.807, 2.05) is 0 Å². The molecule has 0 spiro atoms. The highest BCUT2D eigenvalue weighted by Crippen LogP contribution is 2.34. The van der Waals surface area contributed by atoms with Crippen LogP contribution in [0.5, 0.6) is 0 Å². The van der Waals surface area contributed by atoms with Crippen LogP contribution in [0.2, 0.25) is 0 Å². The molecule has 0 fully saturated rings. The standard InChI is InChI=1S/C8H9F3N2O2S/c1-5(16(12,14)15)7-6(8(9,10)11)3-2-4-13-7/h2-5H,1H3,(H2,12,14,15). The monoisotopic (exact) mass is 254 g/mol. The molecule has 1 atom stereocenters. The summed E-state index contributed by atoms with van der Waals surface area (Å²) in [6.45, 7) is 1.06. The number of rotatable bonds is 2. The predicted octanol–water partition coefficient (Wildman–Crippen LogP) is 1.45. The van der Waals surface area contributed by atoms with E-state index in [0.29, 0.717) is 0 Å². The molecule has 90 valence electrons. The van der Waals surface area contributed by atoms with Gasteiger partial charge in [0, 0.05) is 6.20 Å². The lowest BCUT2D eigenvalue weighted by Crippen LogP contribution is -2.23. The first-order valence-corrected chi connectivity index (χ1v) is 5.78. The number of hydrogen-bond acceptors (Lipinski definition) is 3. The summed E-state index contributed by atoms with van der Waals surface area (Å²) in [5, 5.41) is 3.29. The van der Waals surface area contributed by atoms with Crippen LogP contribution < -0.4 is 5.14 Å². The Morgan fingerprint density at radius 3 is 2.44 bits per heavy atom. The molecular weight excluding hydrogens is 245 g/mol. The molecule has 0 bridgehead atoms. The van der Waals surface area contributed by atoms with Gasteiger partial charge in [-0.2, -0.15) is 13.2 Å². The van der Waals surface area contributed by atoms with E-state index in [2.05, 4.69) is 4.98 Å². The van der Waals surface area contributed by atoms with Gasteiger partial charge in [0.25, 0.3) is 0 Å². The number of aromatic nitrogens is 1. The molecule has 0 saturated heterocycles. The fraction of sp³-hybridized carbons (Fsp3) is 0.375. The highest BCUT2D eigenvalue weighted by molar-refractivity contribution is 7.89. The Hall–Kier alpha value is -1.15. The number of primary sulfonamides is 1. The van der Waals surface area contributed by atoms with Gasteiger partial charge in [0.15, 0.2) is 0 Å². The average Bonchev–Trinajstić information content (AvgIpc) is 2.14. The highest BCUT2D eigenvalue weighted by atomic mass is 32.2. The summed E-state index contributed by atoms with van der Waals surface area (Å²) in [4.78, 5) is 3.43. The van der Waals surface area contributed by atoms with Crippen molar-refractivity contribution in [2.24, 2.45) is 5.14 Å². The third-order valence-electron chi connectivity index (χ3n) is 2.02. The maximum atomic E-state index is 12.5. The SMILES string of the molecule is CC(c1ncccc1C(F)(F)F)S(N)(=O)=O. The van der Waals surface area contributed by atoms with E-state index in [4.69, 9.17) is 5.14 Å². The fourth-order valence-corrected chi connectivity index (χ4v) is 1.64. The Kier molecular flexibility index (Phi) is 3.25.